The lowest BCUT2D eigenvalue weighted by Gasteiger charge is -2.34. The van der Waals surface area contributed by atoms with Crippen molar-refractivity contribution in [1.82, 2.24) is 24.9 Å². The fraction of sp³-hybridized carbons (Fsp3) is 0.469. The maximum Gasteiger partial charge on any atom is 0.355 e. The molecule has 1 saturated heterocycles. The van der Waals surface area contributed by atoms with Crippen molar-refractivity contribution in [2.75, 3.05) is 50.3 Å². The molecule has 0 aliphatic carbocycles. The van der Waals surface area contributed by atoms with E-state index in [0.29, 0.717) is 78.1 Å². The molecule has 2 aliphatic heterocycles. The van der Waals surface area contributed by atoms with Gasteiger partial charge in [0.1, 0.15) is 17.2 Å². The molecule has 2 aliphatic rings. The summed E-state index contributed by atoms with van der Waals surface area (Å²) in [6, 6.07) is 9.54. The van der Waals surface area contributed by atoms with E-state index < -0.39 is 23.1 Å². The number of esters is 1. The molecule has 12 nitrogen and oxygen atoms in total. The molecule has 4 aromatic rings. The second-order valence-electron chi connectivity index (χ2n) is 12.2. The van der Waals surface area contributed by atoms with Gasteiger partial charge in [-0.3, -0.25) is 8.89 Å². The van der Waals surface area contributed by atoms with Crippen molar-refractivity contribution in [3.05, 3.63) is 54.1 Å². The fourth-order valence-corrected chi connectivity index (χ4v) is 6.40. The third-order valence-corrected chi connectivity index (χ3v) is 9.03. The Bertz CT molecular complexity index is 1700. The van der Waals surface area contributed by atoms with Gasteiger partial charge < -0.3 is 33.0 Å². The topological polar surface area (TPSA) is 138 Å². The maximum atomic E-state index is 14.2. The number of likely N-dealkylation sites (tertiary alicyclic amines) is 1. The number of carbonyl (C=O) groups excluding carboxylic acids is 1. The first-order valence-corrected chi connectivity index (χ1v) is 16.7. The molecule has 1 fully saturated rings. The minimum atomic E-state index is -2.44. The van der Waals surface area contributed by atoms with Crippen LogP contribution in [0.2, 0.25) is 0 Å². The van der Waals surface area contributed by atoms with Gasteiger partial charge in [0.15, 0.2) is 11.5 Å². The van der Waals surface area contributed by atoms with E-state index in [9.17, 15) is 17.9 Å². The van der Waals surface area contributed by atoms with Crippen LogP contribution in [0, 0.1) is 17.7 Å². The Hall–Kier alpha value is -4.01. The molecule has 14 heteroatoms. The third-order valence-electron chi connectivity index (χ3n) is 8.28. The zero-order chi connectivity index (χ0) is 32.2. The second kappa shape index (κ2) is 14.2. The maximum absolute atomic E-state index is 14.2. The highest BCUT2D eigenvalue weighted by Crippen LogP contribution is 2.35. The van der Waals surface area contributed by atoms with Crippen molar-refractivity contribution < 1.29 is 32.2 Å². The number of nitrogens with zero attached hydrogens (tertiary/aromatic N) is 5. The second-order valence-corrected chi connectivity index (χ2v) is 13.0. The molecule has 1 unspecified atom stereocenters. The first kappa shape index (κ1) is 32.0. The lowest BCUT2D eigenvalue weighted by molar-refractivity contribution is 0.0454. The fourth-order valence-electron chi connectivity index (χ4n) is 5.89. The number of nitrogens with one attached hydrogen (secondary N) is 1. The first-order valence-electron chi connectivity index (χ1n) is 15.6. The van der Waals surface area contributed by atoms with Crippen LogP contribution in [0.3, 0.4) is 0 Å². The molecule has 246 valence electrons. The summed E-state index contributed by atoms with van der Waals surface area (Å²) in [6.07, 6.45) is 4.38. The zero-order valence-corrected chi connectivity index (χ0v) is 26.8. The van der Waals surface area contributed by atoms with E-state index in [1.807, 2.05) is 13.8 Å². The van der Waals surface area contributed by atoms with Crippen molar-refractivity contribution in [2.24, 2.45) is 11.8 Å². The van der Waals surface area contributed by atoms with Gasteiger partial charge in [-0.05, 0) is 68.1 Å². The number of carbonyl (C=O) groups is 1. The van der Waals surface area contributed by atoms with Crippen LogP contribution in [0.1, 0.15) is 43.6 Å². The van der Waals surface area contributed by atoms with Gasteiger partial charge in [0.25, 0.3) is 0 Å². The van der Waals surface area contributed by atoms with Gasteiger partial charge in [-0.1, -0.05) is 19.1 Å². The summed E-state index contributed by atoms with van der Waals surface area (Å²) in [5, 5.41) is 9.23. The normalized spacial score (nSPS) is 16.5. The molecule has 1 N–H and O–H groups in total. The van der Waals surface area contributed by atoms with Crippen LogP contribution in [0.15, 0.2) is 42.6 Å². The number of aromatic nitrogens is 4. The molecule has 0 bridgehead atoms. The molecule has 6 rings (SSSR count). The number of hydrogen-bond donors (Lipinski definition) is 1. The Morgan fingerprint density at radius 1 is 1.17 bits per heavy atom. The molecule has 0 amide bonds. The summed E-state index contributed by atoms with van der Waals surface area (Å²) in [5.41, 5.74) is 2.31. The van der Waals surface area contributed by atoms with Crippen molar-refractivity contribution in [3.8, 4) is 22.8 Å². The van der Waals surface area contributed by atoms with E-state index in [0.717, 1.165) is 32.4 Å². The minimum absolute atomic E-state index is 0.167. The number of halogens is 1. The summed E-state index contributed by atoms with van der Waals surface area (Å²) >= 11 is -2.44. The average molecular weight is 654 g/mol. The predicted molar refractivity (Wildman–Crippen MR) is 170 cm³/mol. The monoisotopic (exact) mass is 653 g/mol. The van der Waals surface area contributed by atoms with Gasteiger partial charge in [0, 0.05) is 59.9 Å². The molecule has 2 aromatic carbocycles. The van der Waals surface area contributed by atoms with Crippen LogP contribution in [0.5, 0.6) is 11.5 Å². The SMILES string of the molecule is CC(C)COC(=O)c1[nH]c2ccc(F)cc2c1-c1cn(CC2CCN(CCN(c3ccc4c(c3)OCCCO4)S(=O)[O-])CC2)nn1. The molecule has 0 radical (unpaired) electrons. The van der Waals surface area contributed by atoms with E-state index >= 15 is 0 Å². The van der Waals surface area contributed by atoms with Crippen LogP contribution >= 0.6 is 0 Å². The van der Waals surface area contributed by atoms with Gasteiger partial charge in [0.2, 0.25) is 0 Å². The van der Waals surface area contributed by atoms with Gasteiger partial charge >= 0.3 is 5.97 Å². The van der Waals surface area contributed by atoms with Crippen LogP contribution < -0.4 is 13.8 Å². The summed E-state index contributed by atoms with van der Waals surface area (Å²) in [5.74, 6) is 0.751. The number of H-pyrrole nitrogens is 1. The van der Waals surface area contributed by atoms with Gasteiger partial charge in [0.05, 0.1) is 31.7 Å². The Kier molecular flexibility index (Phi) is 9.85. The molecule has 2 aromatic heterocycles. The summed E-state index contributed by atoms with van der Waals surface area (Å²) in [4.78, 5) is 18.3. The number of anilines is 1. The van der Waals surface area contributed by atoms with E-state index in [1.165, 1.54) is 16.4 Å². The standard InChI is InChI=1S/C32H39FN6O6S/c1-21(2)20-45-32(40)31-30(25-16-23(33)4-6-26(25)34-31)27-19-38(36-35-27)18-22-8-10-37(11-9-22)12-13-39(46(41)42)24-5-7-28-29(17-24)44-15-3-14-43-28/h4-7,16-17,19,21-22,34H,3,8-15,18,20H2,1-2H3,(H,41,42)/p-1. The van der Waals surface area contributed by atoms with Gasteiger partial charge in [-0.15, -0.1) is 5.10 Å². The number of hydrogen-bond acceptors (Lipinski definition) is 9. The molecular formula is C32H38FN6O6S-. The van der Waals surface area contributed by atoms with E-state index in [1.54, 1.807) is 35.1 Å². The Labute approximate surface area is 269 Å². The molecule has 46 heavy (non-hydrogen) atoms. The van der Waals surface area contributed by atoms with Crippen LogP contribution in [-0.2, 0) is 22.5 Å². The number of aromatic amines is 1. The summed E-state index contributed by atoms with van der Waals surface area (Å²) in [6.45, 7) is 8.46. The van der Waals surface area contributed by atoms with Crippen molar-refractivity contribution in [2.45, 2.75) is 39.7 Å². The molecule has 0 spiro atoms. The third kappa shape index (κ3) is 7.34. The Morgan fingerprint density at radius 3 is 2.72 bits per heavy atom. The molecule has 1 atom stereocenters. The lowest BCUT2D eigenvalue weighted by atomic mass is 9.97. The van der Waals surface area contributed by atoms with E-state index in [2.05, 4.69) is 20.2 Å². The quantitative estimate of drug-likeness (QED) is 0.183. The Morgan fingerprint density at radius 2 is 1.96 bits per heavy atom. The molecule has 4 heterocycles. The van der Waals surface area contributed by atoms with Gasteiger partial charge in [-0.25, -0.2) is 9.18 Å². The van der Waals surface area contributed by atoms with Crippen molar-refractivity contribution in [3.63, 3.8) is 0 Å². The lowest BCUT2D eigenvalue weighted by Crippen LogP contribution is -2.41. The van der Waals surface area contributed by atoms with Crippen LogP contribution in [-0.4, -0.2) is 85.6 Å². The predicted octanol–water partition coefficient (Wildman–Crippen LogP) is 4.55. The number of rotatable bonds is 11. The Balaban J connectivity index is 1.07. The smallest absolute Gasteiger partial charge is 0.355 e. The van der Waals surface area contributed by atoms with Crippen LogP contribution in [0.4, 0.5) is 10.1 Å². The number of benzene rings is 2. The minimum Gasteiger partial charge on any atom is -0.755 e. The zero-order valence-electron chi connectivity index (χ0n) is 25.9. The first-order chi connectivity index (χ1) is 22.2. The van der Waals surface area contributed by atoms with E-state index in [4.69, 9.17) is 14.2 Å². The van der Waals surface area contributed by atoms with E-state index in [-0.39, 0.29) is 18.2 Å². The highest BCUT2D eigenvalue weighted by Gasteiger charge is 2.25. The number of fused-ring (bicyclic) bond motifs is 2. The summed E-state index contributed by atoms with van der Waals surface area (Å²) in [7, 11) is 0. The molecular weight excluding hydrogens is 615 g/mol. The highest BCUT2D eigenvalue weighted by molar-refractivity contribution is 7.80. The molecule has 0 saturated carbocycles. The van der Waals surface area contributed by atoms with Gasteiger partial charge in [-0.2, -0.15) is 0 Å². The largest absolute Gasteiger partial charge is 0.755 e. The average Bonchev–Trinajstić information content (AvgIpc) is 3.57. The van der Waals surface area contributed by atoms with Crippen molar-refractivity contribution in [1.29, 1.82) is 0 Å². The highest BCUT2D eigenvalue weighted by atomic mass is 32.2. The summed E-state index contributed by atoms with van der Waals surface area (Å²) < 4.78 is 58.5. The van der Waals surface area contributed by atoms with Crippen molar-refractivity contribution >= 4 is 33.8 Å². The number of piperidine rings is 1. The number of ether oxygens (including phenoxy) is 3. The van der Waals surface area contributed by atoms with Crippen LogP contribution in [0.25, 0.3) is 22.2 Å².